The molecule has 0 spiro atoms. The fourth-order valence-corrected chi connectivity index (χ4v) is 4.19. The third-order valence-corrected chi connectivity index (χ3v) is 5.93. The molecular formula is C26H25FN4O2. The van der Waals surface area contributed by atoms with Gasteiger partial charge in [0.15, 0.2) is 0 Å². The van der Waals surface area contributed by atoms with Crippen LogP contribution in [0.4, 0.5) is 15.9 Å². The number of methoxy groups -OCH3 is 1. The zero-order valence-corrected chi connectivity index (χ0v) is 18.6. The fraction of sp³-hybridized carbons (Fsp3) is 0.231. The average molecular weight is 445 g/mol. The summed E-state index contributed by atoms with van der Waals surface area (Å²) in [7, 11) is 1.62. The van der Waals surface area contributed by atoms with Gasteiger partial charge in [-0.05, 0) is 60.0 Å². The molecule has 0 aliphatic carbocycles. The zero-order chi connectivity index (χ0) is 22.8. The Balaban J connectivity index is 1.47. The summed E-state index contributed by atoms with van der Waals surface area (Å²) < 4.78 is 24.9. The zero-order valence-electron chi connectivity index (χ0n) is 18.6. The van der Waals surface area contributed by atoms with Crippen LogP contribution in [0.1, 0.15) is 12.5 Å². The lowest BCUT2D eigenvalue weighted by Crippen LogP contribution is -2.32. The quantitative estimate of drug-likeness (QED) is 0.437. The van der Waals surface area contributed by atoms with Crippen molar-refractivity contribution in [3.8, 4) is 22.6 Å². The van der Waals surface area contributed by atoms with Crippen LogP contribution in [0.15, 0.2) is 60.9 Å². The van der Waals surface area contributed by atoms with Crippen molar-refractivity contribution < 1.29 is 13.9 Å². The SMILES string of the molecule is CCN1CCOc2cc(CNc3ncnc4c(OC)cc(-c5ccc(F)cc5)cc34)ccc21. The standard InChI is InChI=1S/C26H25FN4O2/c1-3-31-10-11-33-23-12-17(4-9-22(23)31)15-28-26-21-13-19(18-5-7-20(27)8-6-18)14-24(32-2)25(21)29-16-30-26/h4-9,12-14,16H,3,10-11,15H2,1-2H3,(H,28,29,30). The summed E-state index contributed by atoms with van der Waals surface area (Å²) in [5.41, 5.74) is 4.74. The van der Waals surface area contributed by atoms with Crippen LogP contribution in [0.5, 0.6) is 11.5 Å². The Hall–Kier alpha value is -3.87. The van der Waals surface area contributed by atoms with Gasteiger partial charge in [-0.15, -0.1) is 0 Å². The van der Waals surface area contributed by atoms with Crippen molar-refractivity contribution in [2.24, 2.45) is 0 Å². The van der Waals surface area contributed by atoms with E-state index in [1.54, 1.807) is 19.2 Å². The molecule has 0 atom stereocenters. The highest BCUT2D eigenvalue weighted by Gasteiger charge is 2.17. The second-order valence-electron chi connectivity index (χ2n) is 7.89. The van der Waals surface area contributed by atoms with Gasteiger partial charge in [0.05, 0.1) is 19.3 Å². The molecule has 0 amide bonds. The number of ether oxygens (including phenoxy) is 2. The Morgan fingerprint density at radius 2 is 1.91 bits per heavy atom. The van der Waals surface area contributed by atoms with Crippen molar-refractivity contribution in [1.82, 2.24) is 9.97 Å². The molecule has 1 aliphatic rings. The van der Waals surface area contributed by atoms with Crippen molar-refractivity contribution in [3.05, 3.63) is 72.3 Å². The van der Waals surface area contributed by atoms with E-state index in [2.05, 4.69) is 45.3 Å². The highest BCUT2D eigenvalue weighted by molar-refractivity contribution is 5.96. The van der Waals surface area contributed by atoms with Crippen LogP contribution in [0.3, 0.4) is 0 Å². The number of anilines is 2. The summed E-state index contributed by atoms with van der Waals surface area (Å²) in [4.78, 5) is 11.2. The minimum Gasteiger partial charge on any atom is -0.494 e. The summed E-state index contributed by atoms with van der Waals surface area (Å²) in [6, 6.07) is 16.6. The fourth-order valence-electron chi connectivity index (χ4n) is 4.19. The maximum absolute atomic E-state index is 13.4. The smallest absolute Gasteiger partial charge is 0.145 e. The van der Waals surface area contributed by atoms with E-state index < -0.39 is 0 Å². The molecule has 0 saturated heterocycles. The van der Waals surface area contributed by atoms with Gasteiger partial charge in [-0.2, -0.15) is 0 Å². The van der Waals surface area contributed by atoms with Gasteiger partial charge in [0.2, 0.25) is 0 Å². The molecule has 0 radical (unpaired) electrons. The number of likely N-dealkylation sites (N-methyl/N-ethyl adjacent to an activating group) is 1. The van der Waals surface area contributed by atoms with Crippen LogP contribution in [-0.2, 0) is 6.54 Å². The molecule has 6 nitrogen and oxygen atoms in total. The lowest BCUT2D eigenvalue weighted by Gasteiger charge is -2.30. The molecule has 3 aromatic carbocycles. The number of aromatic nitrogens is 2. The minimum absolute atomic E-state index is 0.270. The minimum atomic E-state index is -0.270. The van der Waals surface area contributed by atoms with Crippen LogP contribution < -0.4 is 19.7 Å². The number of nitrogens with one attached hydrogen (secondary N) is 1. The first kappa shape index (κ1) is 21.0. The first-order valence-electron chi connectivity index (χ1n) is 11.0. The van der Waals surface area contributed by atoms with E-state index in [0.29, 0.717) is 30.2 Å². The molecule has 1 aliphatic heterocycles. The van der Waals surface area contributed by atoms with Crippen LogP contribution >= 0.6 is 0 Å². The highest BCUT2D eigenvalue weighted by atomic mass is 19.1. The molecule has 168 valence electrons. The number of hydrogen-bond donors (Lipinski definition) is 1. The van der Waals surface area contributed by atoms with Crippen molar-refractivity contribution in [3.63, 3.8) is 0 Å². The maximum Gasteiger partial charge on any atom is 0.145 e. The van der Waals surface area contributed by atoms with Crippen LogP contribution in [0, 0.1) is 5.82 Å². The molecule has 0 unspecified atom stereocenters. The Bertz CT molecular complexity index is 1290. The lowest BCUT2D eigenvalue weighted by molar-refractivity contribution is 0.308. The molecule has 4 aromatic rings. The molecule has 0 fully saturated rings. The van der Waals surface area contributed by atoms with Crippen LogP contribution in [0.25, 0.3) is 22.0 Å². The first-order valence-corrected chi connectivity index (χ1v) is 11.0. The van der Waals surface area contributed by atoms with Crippen LogP contribution in [-0.4, -0.2) is 36.8 Å². The molecule has 7 heteroatoms. The Labute approximate surface area is 192 Å². The van der Waals surface area contributed by atoms with E-state index in [0.717, 1.165) is 46.6 Å². The molecule has 2 heterocycles. The molecule has 33 heavy (non-hydrogen) atoms. The predicted molar refractivity (Wildman–Crippen MR) is 129 cm³/mol. The van der Waals surface area contributed by atoms with Crippen molar-refractivity contribution in [1.29, 1.82) is 0 Å². The monoisotopic (exact) mass is 444 g/mol. The van der Waals surface area contributed by atoms with E-state index in [9.17, 15) is 4.39 Å². The second-order valence-corrected chi connectivity index (χ2v) is 7.89. The number of nitrogens with zero attached hydrogens (tertiary/aromatic N) is 3. The van der Waals surface area contributed by atoms with Gasteiger partial charge in [0, 0.05) is 18.5 Å². The molecule has 5 rings (SSSR count). The number of hydrogen-bond acceptors (Lipinski definition) is 6. The third kappa shape index (κ3) is 4.14. The van der Waals surface area contributed by atoms with E-state index in [1.807, 2.05) is 12.1 Å². The third-order valence-electron chi connectivity index (χ3n) is 5.93. The summed E-state index contributed by atoms with van der Waals surface area (Å²) in [6.07, 6.45) is 1.53. The lowest BCUT2D eigenvalue weighted by atomic mass is 10.0. The number of rotatable bonds is 6. The topological polar surface area (TPSA) is 59.5 Å². The largest absolute Gasteiger partial charge is 0.494 e. The van der Waals surface area contributed by atoms with E-state index >= 15 is 0 Å². The summed E-state index contributed by atoms with van der Waals surface area (Å²) >= 11 is 0. The van der Waals surface area contributed by atoms with Gasteiger partial charge >= 0.3 is 0 Å². The molecule has 0 saturated carbocycles. The second kappa shape index (κ2) is 8.94. The Morgan fingerprint density at radius 3 is 2.70 bits per heavy atom. The van der Waals surface area contributed by atoms with Gasteiger partial charge in [-0.25, -0.2) is 14.4 Å². The number of fused-ring (bicyclic) bond motifs is 2. The van der Waals surface area contributed by atoms with Crippen molar-refractivity contribution >= 4 is 22.4 Å². The van der Waals surface area contributed by atoms with E-state index in [4.69, 9.17) is 9.47 Å². The van der Waals surface area contributed by atoms with E-state index in [1.165, 1.54) is 18.5 Å². The summed E-state index contributed by atoms with van der Waals surface area (Å²) in [5, 5.41) is 4.27. The van der Waals surface area contributed by atoms with Crippen molar-refractivity contribution in [2.45, 2.75) is 13.5 Å². The maximum atomic E-state index is 13.4. The van der Waals surface area contributed by atoms with E-state index in [-0.39, 0.29) is 5.82 Å². The molecule has 0 bridgehead atoms. The van der Waals surface area contributed by atoms with Crippen molar-refractivity contribution in [2.75, 3.05) is 37.0 Å². The van der Waals surface area contributed by atoms with Gasteiger partial charge in [0.1, 0.15) is 41.6 Å². The average Bonchev–Trinajstić information content (AvgIpc) is 2.86. The normalized spacial score (nSPS) is 12.9. The predicted octanol–water partition coefficient (Wildman–Crippen LogP) is 5.28. The van der Waals surface area contributed by atoms with Gasteiger partial charge in [-0.3, -0.25) is 0 Å². The Morgan fingerprint density at radius 1 is 1.06 bits per heavy atom. The molecule has 1 aromatic heterocycles. The number of halogens is 1. The van der Waals surface area contributed by atoms with Gasteiger partial charge in [0.25, 0.3) is 0 Å². The Kier molecular flexibility index (Phi) is 5.69. The van der Waals surface area contributed by atoms with Gasteiger partial charge in [-0.1, -0.05) is 18.2 Å². The van der Waals surface area contributed by atoms with Crippen LogP contribution in [0.2, 0.25) is 0 Å². The van der Waals surface area contributed by atoms with Gasteiger partial charge < -0.3 is 19.7 Å². The summed E-state index contributed by atoms with van der Waals surface area (Å²) in [6.45, 7) is 5.29. The number of benzene rings is 3. The summed E-state index contributed by atoms with van der Waals surface area (Å²) in [5.74, 6) is 1.98. The molecular weight excluding hydrogens is 419 g/mol. The highest BCUT2D eigenvalue weighted by Crippen LogP contribution is 2.35. The molecule has 1 N–H and O–H groups in total. The first-order chi connectivity index (χ1) is 16.2.